The molecule has 5 aliphatic carbocycles. The lowest BCUT2D eigenvalue weighted by Gasteiger charge is -2.40. The van der Waals surface area contributed by atoms with E-state index >= 15 is 0 Å². The van der Waals surface area contributed by atoms with Crippen molar-refractivity contribution in [1.29, 1.82) is 0 Å². The zero-order valence-electron chi connectivity index (χ0n) is 30.1. The van der Waals surface area contributed by atoms with Crippen molar-refractivity contribution < 1.29 is 0 Å². The van der Waals surface area contributed by atoms with Gasteiger partial charge in [-0.3, -0.25) is 0 Å². The van der Waals surface area contributed by atoms with Gasteiger partial charge in [-0.2, -0.15) is 0 Å². The summed E-state index contributed by atoms with van der Waals surface area (Å²) in [5.74, 6) is 5.28. The highest BCUT2D eigenvalue weighted by molar-refractivity contribution is 5.18. The van der Waals surface area contributed by atoms with Crippen molar-refractivity contribution in [1.82, 2.24) is 9.80 Å². The maximum atomic E-state index is 2.97. The molecule has 5 aliphatic rings. The standard InChI is InChI=1S/C42H74N2/c1-5-43(6-2)39-26-22-37(23-27-39)41(35-18-11-9-12-19-35)31-33-16-15-17-34(30-33)32-42(36-20-13-10-14-21-36)38-24-28-40(29-25-38)44(7-3)8-4/h31-40H,5-30H2,1-4H3/b41-31-,42-32+. The largest absolute Gasteiger partial charge is 0.301 e. The minimum atomic E-state index is 0.841. The zero-order chi connectivity index (χ0) is 30.7. The zero-order valence-corrected chi connectivity index (χ0v) is 30.1. The van der Waals surface area contributed by atoms with E-state index in [-0.39, 0.29) is 0 Å². The number of nitrogens with zero attached hydrogens (tertiary/aromatic N) is 2. The Labute approximate surface area is 275 Å². The molecule has 44 heavy (non-hydrogen) atoms. The molecule has 0 saturated heterocycles. The first-order valence-electron chi connectivity index (χ1n) is 20.5. The molecule has 5 rings (SSSR count). The Morgan fingerprint density at radius 2 is 0.750 bits per heavy atom. The van der Waals surface area contributed by atoms with Crippen LogP contribution in [-0.4, -0.2) is 48.1 Å². The van der Waals surface area contributed by atoms with Crippen molar-refractivity contribution in [3.63, 3.8) is 0 Å². The molecule has 0 aliphatic heterocycles. The molecule has 0 heterocycles. The third-order valence-corrected chi connectivity index (χ3v) is 13.8. The average molecular weight is 607 g/mol. The van der Waals surface area contributed by atoms with E-state index < -0.39 is 0 Å². The fraction of sp³-hybridized carbons (Fsp3) is 0.905. The van der Waals surface area contributed by atoms with Crippen LogP contribution < -0.4 is 0 Å². The van der Waals surface area contributed by atoms with Crippen LogP contribution in [-0.2, 0) is 0 Å². The lowest BCUT2D eigenvalue weighted by atomic mass is 9.69. The molecule has 2 nitrogen and oxygen atoms in total. The first-order chi connectivity index (χ1) is 21.6. The van der Waals surface area contributed by atoms with Crippen molar-refractivity contribution in [2.75, 3.05) is 26.2 Å². The van der Waals surface area contributed by atoms with Gasteiger partial charge in [-0.15, -0.1) is 0 Å². The summed E-state index contributed by atoms with van der Waals surface area (Å²) in [6, 6.07) is 1.69. The Morgan fingerprint density at radius 1 is 0.409 bits per heavy atom. The molecule has 2 unspecified atom stereocenters. The van der Waals surface area contributed by atoms with E-state index in [1.54, 1.807) is 0 Å². The SMILES string of the molecule is CCN(CC)C1CCC(/C(=C\C2CCCC(/C=C(\C3CCCCC3)C3CCC(N(CC)CC)CC3)C2)C2CCCCC2)CC1. The summed E-state index contributed by atoms with van der Waals surface area (Å²) in [7, 11) is 0. The van der Waals surface area contributed by atoms with Crippen molar-refractivity contribution in [3.05, 3.63) is 23.3 Å². The van der Waals surface area contributed by atoms with Crippen LogP contribution in [0.3, 0.4) is 0 Å². The molecule has 0 aromatic rings. The first-order valence-corrected chi connectivity index (χ1v) is 20.5. The van der Waals surface area contributed by atoms with Crippen molar-refractivity contribution in [2.24, 2.45) is 35.5 Å². The summed E-state index contributed by atoms with van der Waals surface area (Å²) >= 11 is 0. The van der Waals surface area contributed by atoms with Crippen LogP contribution in [0.4, 0.5) is 0 Å². The summed E-state index contributed by atoms with van der Waals surface area (Å²) < 4.78 is 0. The van der Waals surface area contributed by atoms with Crippen LogP contribution in [0.5, 0.6) is 0 Å². The van der Waals surface area contributed by atoms with Gasteiger partial charge in [0, 0.05) is 12.1 Å². The Kier molecular flexibility index (Phi) is 14.3. The minimum absolute atomic E-state index is 0.841. The molecule has 2 atom stereocenters. The van der Waals surface area contributed by atoms with Crippen molar-refractivity contribution >= 4 is 0 Å². The molecule has 0 amide bonds. The number of hydrogen-bond donors (Lipinski definition) is 0. The van der Waals surface area contributed by atoms with E-state index in [9.17, 15) is 0 Å². The number of hydrogen-bond acceptors (Lipinski definition) is 2. The van der Waals surface area contributed by atoms with E-state index in [4.69, 9.17) is 0 Å². The predicted octanol–water partition coefficient (Wildman–Crippen LogP) is 11.6. The third kappa shape index (κ3) is 9.27. The first kappa shape index (κ1) is 34.7. The lowest BCUT2D eigenvalue weighted by molar-refractivity contribution is 0.151. The van der Waals surface area contributed by atoms with E-state index in [1.807, 2.05) is 11.1 Å². The molecule has 0 bridgehead atoms. The quantitative estimate of drug-likeness (QED) is 0.204. The van der Waals surface area contributed by atoms with Crippen LogP contribution in [0.15, 0.2) is 23.3 Å². The average Bonchev–Trinajstić information content (AvgIpc) is 3.09. The Hall–Kier alpha value is -0.600. The second kappa shape index (κ2) is 18.1. The molecule has 0 N–H and O–H groups in total. The third-order valence-electron chi connectivity index (χ3n) is 13.8. The van der Waals surface area contributed by atoms with Gasteiger partial charge in [0.2, 0.25) is 0 Å². The van der Waals surface area contributed by atoms with Crippen LogP contribution in [0.2, 0.25) is 0 Å². The summed E-state index contributed by atoms with van der Waals surface area (Å²) in [6.45, 7) is 14.4. The van der Waals surface area contributed by atoms with Gasteiger partial charge in [-0.1, -0.05) is 95.9 Å². The monoisotopic (exact) mass is 607 g/mol. The van der Waals surface area contributed by atoms with Gasteiger partial charge >= 0.3 is 0 Å². The van der Waals surface area contributed by atoms with Gasteiger partial charge in [0.15, 0.2) is 0 Å². The maximum absolute atomic E-state index is 2.97. The summed E-state index contributed by atoms with van der Waals surface area (Å²) in [5.41, 5.74) is 3.94. The fourth-order valence-corrected chi connectivity index (χ4v) is 11.2. The molecule has 5 fully saturated rings. The molecular weight excluding hydrogens is 532 g/mol. The van der Waals surface area contributed by atoms with E-state index in [1.165, 1.54) is 167 Å². The number of rotatable bonds is 12. The topological polar surface area (TPSA) is 6.48 Å². The summed E-state index contributed by atoms with van der Waals surface area (Å²) in [4.78, 5) is 5.50. The maximum Gasteiger partial charge on any atom is 0.00954 e. The smallest absolute Gasteiger partial charge is 0.00954 e. The molecule has 252 valence electrons. The Bertz CT molecular complexity index is 782. The van der Waals surface area contributed by atoms with E-state index in [0.717, 1.165) is 47.6 Å². The molecule has 0 aromatic heterocycles. The fourth-order valence-electron chi connectivity index (χ4n) is 11.2. The van der Waals surface area contributed by atoms with Gasteiger partial charge in [-0.05, 0) is 158 Å². The predicted molar refractivity (Wildman–Crippen MR) is 192 cm³/mol. The van der Waals surface area contributed by atoms with Crippen LogP contribution in [0.1, 0.15) is 169 Å². The molecule has 0 radical (unpaired) electrons. The molecular formula is C42H74N2. The van der Waals surface area contributed by atoms with E-state index in [0.29, 0.717) is 0 Å². The minimum Gasteiger partial charge on any atom is -0.301 e. The van der Waals surface area contributed by atoms with Crippen LogP contribution >= 0.6 is 0 Å². The van der Waals surface area contributed by atoms with Gasteiger partial charge in [0.05, 0.1) is 0 Å². The van der Waals surface area contributed by atoms with Crippen molar-refractivity contribution in [2.45, 2.75) is 181 Å². The van der Waals surface area contributed by atoms with Crippen molar-refractivity contribution in [3.8, 4) is 0 Å². The van der Waals surface area contributed by atoms with Gasteiger partial charge in [-0.25, -0.2) is 0 Å². The summed E-state index contributed by atoms with van der Waals surface area (Å²) in [6.07, 6.45) is 38.2. The van der Waals surface area contributed by atoms with Gasteiger partial charge < -0.3 is 9.80 Å². The van der Waals surface area contributed by atoms with Gasteiger partial charge in [0.25, 0.3) is 0 Å². The molecule has 5 saturated carbocycles. The van der Waals surface area contributed by atoms with Crippen LogP contribution in [0, 0.1) is 35.5 Å². The Balaban J connectivity index is 1.29. The summed E-state index contributed by atoms with van der Waals surface area (Å²) in [5, 5.41) is 0. The van der Waals surface area contributed by atoms with Crippen LogP contribution in [0.25, 0.3) is 0 Å². The highest BCUT2D eigenvalue weighted by Crippen LogP contribution is 2.45. The highest BCUT2D eigenvalue weighted by Gasteiger charge is 2.34. The Morgan fingerprint density at radius 3 is 1.09 bits per heavy atom. The molecule has 0 aromatic carbocycles. The normalized spacial score (nSPS) is 34.1. The molecule has 2 heteroatoms. The van der Waals surface area contributed by atoms with Gasteiger partial charge in [0.1, 0.15) is 0 Å². The van der Waals surface area contributed by atoms with E-state index in [2.05, 4.69) is 49.6 Å². The second-order valence-corrected chi connectivity index (χ2v) is 16.1. The molecule has 0 spiro atoms. The number of allylic oxidation sites excluding steroid dienone is 4. The second-order valence-electron chi connectivity index (χ2n) is 16.1. The lowest BCUT2D eigenvalue weighted by Crippen LogP contribution is -2.38. The highest BCUT2D eigenvalue weighted by atomic mass is 15.1.